The average Bonchev–Trinajstić information content (AvgIpc) is 3.05. The fraction of sp³-hybridized carbons (Fsp3) is 1.00. The van der Waals surface area contributed by atoms with Crippen LogP contribution in [-0.4, -0.2) is 49.1 Å². The van der Waals surface area contributed by atoms with Gasteiger partial charge in [-0.2, -0.15) is 0 Å². The Balaban J connectivity index is 1.41. The minimum atomic E-state index is 0.600. The third kappa shape index (κ3) is 3.00. The number of likely N-dealkylation sites (tertiary alicyclic amines) is 2. The second-order valence-corrected chi connectivity index (χ2v) is 7.80. The van der Waals surface area contributed by atoms with Crippen molar-refractivity contribution in [3.05, 3.63) is 0 Å². The van der Waals surface area contributed by atoms with Crippen LogP contribution in [0.25, 0.3) is 0 Å². The van der Waals surface area contributed by atoms with Crippen molar-refractivity contribution in [3.8, 4) is 0 Å². The van der Waals surface area contributed by atoms with Crippen molar-refractivity contribution in [1.82, 2.24) is 9.80 Å². The van der Waals surface area contributed by atoms with Crippen LogP contribution < -0.4 is 0 Å². The first kappa shape index (κ1) is 13.9. The van der Waals surface area contributed by atoms with Gasteiger partial charge in [0.25, 0.3) is 0 Å². The lowest BCUT2D eigenvalue weighted by atomic mass is 9.53. The molecule has 3 rings (SSSR count). The van der Waals surface area contributed by atoms with E-state index in [1.165, 1.54) is 77.8 Å². The van der Waals surface area contributed by atoms with E-state index in [0.717, 1.165) is 11.8 Å². The predicted molar refractivity (Wildman–Crippen MR) is 81.3 cm³/mol. The maximum atomic E-state index is 2.71. The fourth-order valence-corrected chi connectivity index (χ4v) is 4.54. The Kier molecular flexibility index (Phi) is 4.19. The lowest BCUT2D eigenvalue weighted by Crippen LogP contribution is -2.50. The highest BCUT2D eigenvalue weighted by molar-refractivity contribution is 4.98. The second-order valence-electron chi connectivity index (χ2n) is 7.80. The molecule has 1 aliphatic carbocycles. The van der Waals surface area contributed by atoms with E-state index >= 15 is 0 Å². The Morgan fingerprint density at radius 3 is 2.00 bits per heavy atom. The molecule has 0 bridgehead atoms. The van der Waals surface area contributed by atoms with Gasteiger partial charge in [0.2, 0.25) is 0 Å². The quantitative estimate of drug-likeness (QED) is 0.752. The molecule has 2 atom stereocenters. The SMILES string of the molecule is CC1(C)C(CCN2CCCC2)CC1CN1CCCC1. The van der Waals surface area contributed by atoms with Gasteiger partial charge in [-0.15, -0.1) is 0 Å². The number of hydrogen-bond acceptors (Lipinski definition) is 2. The molecule has 2 saturated heterocycles. The largest absolute Gasteiger partial charge is 0.303 e. The van der Waals surface area contributed by atoms with Crippen LogP contribution in [0, 0.1) is 17.3 Å². The van der Waals surface area contributed by atoms with Crippen LogP contribution in [0.15, 0.2) is 0 Å². The minimum Gasteiger partial charge on any atom is -0.303 e. The third-order valence-corrected chi connectivity index (χ3v) is 6.34. The lowest BCUT2D eigenvalue weighted by molar-refractivity contribution is -0.0444. The first-order valence-corrected chi connectivity index (χ1v) is 8.61. The number of nitrogens with zero attached hydrogens (tertiary/aromatic N) is 2. The molecule has 2 heteroatoms. The van der Waals surface area contributed by atoms with Gasteiger partial charge >= 0.3 is 0 Å². The first-order valence-electron chi connectivity index (χ1n) is 8.61. The zero-order valence-corrected chi connectivity index (χ0v) is 13.0. The van der Waals surface area contributed by atoms with E-state index in [-0.39, 0.29) is 0 Å². The maximum absolute atomic E-state index is 2.71. The Morgan fingerprint density at radius 2 is 1.42 bits per heavy atom. The van der Waals surface area contributed by atoms with Gasteiger partial charge in [0.05, 0.1) is 0 Å². The average molecular weight is 264 g/mol. The molecule has 19 heavy (non-hydrogen) atoms. The smallest absolute Gasteiger partial charge is 0.00150 e. The van der Waals surface area contributed by atoms with Crippen LogP contribution in [0.5, 0.6) is 0 Å². The fourth-order valence-electron chi connectivity index (χ4n) is 4.54. The molecule has 2 aliphatic heterocycles. The van der Waals surface area contributed by atoms with E-state index in [1.54, 1.807) is 0 Å². The lowest BCUT2D eigenvalue weighted by Gasteiger charge is -2.54. The topological polar surface area (TPSA) is 6.48 Å². The molecule has 3 fully saturated rings. The Bertz CT molecular complexity index is 288. The van der Waals surface area contributed by atoms with Crippen molar-refractivity contribution in [1.29, 1.82) is 0 Å². The molecule has 0 amide bonds. The molecule has 0 aromatic carbocycles. The molecule has 0 spiro atoms. The van der Waals surface area contributed by atoms with Gasteiger partial charge in [0, 0.05) is 6.54 Å². The zero-order chi connectivity index (χ0) is 13.3. The standard InChI is InChI=1S/C17H32N2/c1-17(2)15(7-12-18-8-3-4-9-18)13-16(17)14-19-10-5-6-11-19/h15-16H,3-14H2,1-2H3. The van der Waals surface area contributed by atoms with Crippen LogP contribution >= 0.6 is 0 Å². The molecule has 3 aliphatic rings. The summed E-state index contributed by atoms with van der Waals surface area (Å²) in [6.45, 7) is 13.3. The molecule has 0 aromatic rings. The van der Waals surface area contributed by atoms with Crippen LogP contribution in [0.1, 0.15) is 52.4 Å². The highest BCUT2D eigenvalue weighted by Gasteiger charge is 2.47. The summed E-state index contributed by atoms with van der Waals surface area (Å²) < 4.78 is 0. The van der Waals surface area contributed by atoms with Gasteiger partial charge in [-0.25, -0.2) is 0 Å². The molecule has 2 unspecified atom stereocenters. The van der Waals surface area contributed by atoms with Crippen LogP contribution in [0.4, 0.5) is 0 Å². The zero-order valence-electron chi connectivity index (χ0n) is 13.0. The minimum absolute atomic E-state index is 0.600. The third-order valence-electron chi connectivity index (χ3n) is 6.34. The van der Waals surface area contributed by atoms with E-state index in [1.807, 2.05) is 0 Å². The van der Waals surface area contributed by atoms with Crippen molar-refractivity contribution < 1.29 is 0 Å². The summed E-state index contributed by atoms with van der Waals surface area (Å²) in [6, 6.07) is 0. The molecule has 110 valence electrons. The van der Waals surface area contributed by atoms with Crippen LogP contribution in [0.2, 0.25) is 0 Å². The van der Waals surface area contributed by atoms with Crippen LogP contribution in [-0.2, 0) is 0 Å². The van der Waals surface area contributed by atoms with E-state index in [4.69, 9.17) is 0 Å². The highest BCUT2D eigenvalue weighted by atomic mass is 15.1. The van der Waals surface area contributed by atoms with Crippen molar-refractivity contribution in [2.45, 2.75) is 52.4 Å². The van der Waals surface area contributed by atoms with Crippen molar-refractivity contribution in [2.24, 2.45) is 17.3 Å². The van der Waals surface area contributed by atoms with E-state index < -0.39 is 0 Å². The number of rotatable bonds is 5. The molecular formula is C17H32N2. The summed E-state index contributed by atoms with van der Waals surface area (Å²) in [5.41, 5.74) is 0.600. The Labute approximate surface area is 119 Å². The van der Waals surface area contributed by atoms with Gasteiger partial charge in [-0.1, -0.05) is 13.8 Å². The van der Waals surface area contributed by atoms with Gasteiger partial charge < -0.3 is 9.80 Å². The predicted octanol–water partition coefficient (Wildman–Crippen LogP) is 3.23. The summed E-state index contributed by atoms with van der Waals surface area (Å²) >= 11 is 0. The normalized spacial score (nSPS) is 35.7. The Morgan fingerprint density at radius 1 is 0.842 bits per heavy atom. The van der Waals surface area contributed by atoms with Gasteiger partial charge in [-0.3, -0.25) is 0 Å². The van der Waals surface area contributed by atoms with Crippen molar-refractivity contribution in [2.75, 3.05) is 39.3 Å². The van der Waals surface area contributed by atoms with Crippen molar-refractivity contribution >= 4 is 0 Å². The number of hydrogen-bond donors (Lipinski definition) is 0. The van der Waals surface area contributed by atoms with Gasteiger partial charge in [-0.05, 0) is 88.5 Å². The molecule has 1 saturated carbocycles. The molecule has 0 aromatic heterocycles. The Hall–Kier alpha value is -0.0800. The van der Waals surface area contributed by atoms with Crippen LogP contribution in [0.3, 0.4) is 0 Å². The van der Waals surface area contributed by atoms with E-state index in [0.29, 0.717) is 5.41 Å². The van der Waals surface area contributed by atoms with Gasteiger partial charge in [0.1, 0.15) is 0 Å². The molecule has 2 nitrogen and oxygen atoms in total. The summed E-state index contributed by atoms with van der Waals surface area (Å²) in [7, 11) is 0. The molecule has 0 N–H and O–H groups in total. The maximum Gasteiger partial charge on any atom is 0.00150 e. The van der Waals surface area contributed by atoms with E-state index in [9.17, 15) is 0 Å². The summed E-state index contributed by atoms with van der Waals surface area (Å²) in [5, 5.41) is 0. The second kappa shape index (κ2) is 5.73. The monoisotopic (exact) mass is 264 g/mol. The van der Waals surface area contributed by atoms with Crippen molar-refractivity contribution in [3.63, 3.8) is 0 Å². The molecule has 0 radical (unpaired) electrons. The first-order chi connectivity index (χ1) is 9.16. The molecular weight excluding hydrogens is 232 g/mol. The highest BCUT2D eigenvalue weighted by Crippen LogP contribution is 2.53. The van der Waals surface area contributed by atoms with Gasteiger partial charge in [0.15, 0.2) is 0 Å². The summed E-state index contributed by atoms with van der Waals surface area (Å²) in [5.74, 6) is 1.95. The summed E-state index contributed by atoms with van der Waals surface area (Å²) in [6.07, 6.45) is 8.69. The summed E-state index contributed by atoms with van der Waals surface area (Å²) in [4.78, 5) is 5.40. The molecule has 2 heterocycles. The van der Waals surface area contributed by atoms with E-state index in [2.05, 4.69) is 23.6 Å².